The Morgan fingerprint density at radius 3 is 2.39 bits per heavy atom. The van der Waals surface area contributed by atoms with Gasteiger partial charge in [-0.3, -0.25) is 0 Å². The molecule has 18 heavy (non-hydrogen) atoms. The van der Waals surface area contributed by atoms with Gasteiger partial charge in [0.05, 0.1) is 5.75 Å². The summed E-state index contributed by atoms with van der Waals surface area (Å²) in [6.45, 7) is 1.71. The maximum Gasteiger partial charge on any atom is 0.326 e. The molecule has 0 fully saturated rings. The predicted octanol–water partition coefficient (Wildman–Crippen LogP) is -0.912. The fraction of sp³-hybridized carbons (Fsp3) is 0.778. The van der Waals surface area contributed by atoms with Crippen molar-refractivity contribution in [2.75, 3.05) is 19.3 Å². The van der Waals surface area contributed by atoms with Gasteiger partial charge >= 0.3 is 12.0 Å². The molecule has 0 rings (SSSR count). The second-order valence-electron chi connectivity index (χ2n) is 3.60. The van der Waals surface area contributed by atoms with E-state index in [1.165, 1.54) is 7.05 Å². The number of carbonyl (C=O) groups excluding carboxylic acids is 1. The van der Waals surface area contributed by atoms with E-state index in [9.17, 15) is 18.0 Å². The van der Waals surface area contributed by atoms with Crippen molar-refractivity contribution in [2.45, 2.75) is 25.8 Å². The molecule has 0 heterocycles. The first-order valence-electron chi connectivity index (χ1n) is 5.50. The number of amides is 2. The zero-order chi connectivity index (χ0) is 14.2. The van der Waals surface area contributed by atoms with E-state index >= 15 is 0 Å². The minimum atomic E-state index is -3.38. The van der Waals surface area contributed by atoms with Gasteiger partial charge < -0.3 is 15.7 Å². The number of hydrogen-bond acceptors (Lipinski definition) is 4. The monoisotopic (exact) mass is 281 g/mol. The van der Waals surface area contributed by atoms with Crippen LogP contribution >= 0.6 is 0 Å². The van der Waals surface area contributed by atoms with Gasteiger partial charge in [-0.05, 0) is 13.5 Å². The Morgan fingerprint density at radius 1 is 1.33 bits per heavy atom. The van der Waals surface area contributed by atoms with Crippen LogP contribution in [0.25, 0.3) is 0 Å². The number of nitrogens with one attached hydrogen (secondary N) is 3. The van der Waals surface area contributed by atoms with Gasteiger partial charge in [-0.25, -0.2) is 22.7 Å². The number of carboxylic acids is 1. The second kappa shape index (κ2) is 7.88. The lowest BCUT2D eigenvalue weighted by atomic mass is 10.2. The van der Waals surface area contributed by atoms with Crippen molar-refractivity contribution in [1.29, 1.82) is 0 Å². The normalized spacial score (nSPS) is 12.8. The minimum absolute atomic E-state index is 0.0898. The summed E-state index contributed by atoms with van der Waals surface area (Å²) in [5.74, 6) is -1.38. The van der Waals surface area contributed by atoms with Crippen LogP contribution in [0.1, 0.15) is 19.8 Å². The van der Waals surface area contributed by atoms with E-state index in [-0.39, 0.29) is 12.3 Å². The molecule has 0 aromatic carbocycles. The lowest BCUT2D eigenvalue weighted by Gasteiger charge is -2.14. The highest BCUT2D eigenvalue weighted by molar-refractivity contribution is 7.89. The quantitative estimate of drug-likeness (QED) is 0.458. The van der Waals surface area contributed by atoms with Crippen molar-refractivity contribution in [3.05, 3.63) is 0 Å². The maximum absolute atomic E-state index is 11.3. The van der Waals surface area contributed by atoms with E-state index in [2.05, 4.69) is 15.4 Å². The van der Waals surface area contributed by atoms with Gasteiger partial charge in [0.2, 0.25) is 10.0 Å². The van der Waals surface area contributed by atoms with Crippen LogP contribution in [0.15, 0.2) is 0 Å². The molecular formula is C9H19N3O5S. The molecule has 0 saturated heterocycles. The van der Waals surface area contributed by atoms with Crippen LogP contribution in [0, 0.1) is 0 Å². The average Bonchev–Trinajstić information content (AvgIpc) is 2.28. The zero-order valence-corrected chi connectivity index (χ0v) is 11.2. The lowest BCUT2D eigenvalue weighted by Crippen LogP contribution is -2.47. The standard InChI is InChI=1S/C9H19N3O5S/c1-3-4-7(8(13)14)12-9(15)11-5-6-18(16,17)10-2/h7,10H,3-6H2,1-2H3,(H,13,14)(H2,11,12,15)/t7-/m0/s1. The van der Waals surface area contributed by atoms with Crippen LogP contribution in [-0.4, -0.2) is 50.9 Å². The highest BCUT2D eigenvalue weighted by Gasteiger charge is 2.18. The second-order valence-corrected chi connectivity index (χ2v) is 5.65. The topological polar surface area (TPSA) is 125 Å². The molecule has 0 aromatic rings. The first kappa shape index (κ1) is 16.6. The molecule has 2 amide bonds. The molecule has 0 aliphatic rings. The largest absolute Gasteiger partial charge is 0.480 e. The van der Waals surface area contributed by atoms with Crippen LogP contribution in [0.5, 0.6) is 0 Å². The molecule has 106 valence electrons. The van der Waals surface area contributed by atoms with Crippen molar-refractivity contribution in [3.63, 3.8) is 0 Å². The molecule has 0 aliphatic carbocycles. The SMILES string of the molecule is CCC[C@H](NC(=O)NCCS(=O)(=O)NC)C(=O)O. The van der Waals surface area contributed by atoms with Gasteiger partial charge in [-0.15, -0.1) is 0 Å². The van der Waals surface area contributed by atoms with Crippen molar-refractivity contribution in [2.24, 2.45) is 0 Å². The summed E-state index contributed by atoms with van der Waals surface area (Å²) >= 11 is 0. The Morgan fingerprint density at radius 2 is 1.94 bits per heavy atom. The Kier molecular flexibility index (Phi) is 7.29. The van der Waals surface area contributed by atoms with Gasteiger partial charge in [0.25, 0.3) is 0 Å². The zero-order valence-electron chi connectivity index (χ0n) is 10.4. The van der Waals surface area contributed by atoms with Gasteiger partial charge in [0.1, 0.15) is 6.04 Å². The Hall–Kier alpha value is -1.35. The van der Waals surface area contributed by atoms with Gasteiger partial charge in [-0.1, -0.05) is 13.3 Å². The van der Waals surface area contributed by atoms with E-state index < -0.39 is 28.1 Å². The summed E-state index contributed by atoms with van der Waals surface area (Å²) in [6.07, 6.45) is 0.933. The van der Waals surface area contributed by atoms with Crippen LogP contribution in [0.2, 0.25) is 0 Å². The Balaban J connectivity index is 4.07. The van der Waals surface area contributed by atoms with Crippen molar-refractivity contribution >= 4 is 22.0 Å². The predicted molar refractivity (Wildman–Crippen MR) is 65.7 cm³/mol. The number of aliphatic carboxylic acids is 1. The molecule has 9 heteroatoms. The maximum atomic E-state index is 11.3. The van der Waals surface area contributed by atoms with Crippen LogP contribution < -0.4 is 15.4 Å². The molecule has 8 nitrogen and oxygen atoms in total. The van der Waals surface area contributed by atoms with Crippen molar-refractivity contribution in [1.82, 2.24) is 15.4 Å². The summed E-state index contributed by atoms with van der Waals surface area (Å²) in [7, 11) is -2.10. The van der Waals surface area contributed by atoms with E-state index in [1.807, 2.05) is 0 Å². The molecule has 0 bridgehead atoms. The summed E-state index contributed by atoms with van der Waals surface area (Å²) in [5, 5.41) is 13.3. The van der Waals surface area contributed by atoms with Gasteiger partial charge in [0.15, 0.2) is 0 Å². The van der Waals surface area contributed by atoms with E-state index in [0.717, 1.165) is 0 Å². The van der Waals surface area contributed by atoms with Crippen LogP contribution in [0.3, 0.4) is 0 Å². The number of rotatable bonds is 8. The van der Waals surface area contributed by atoms with E-state index in [4.69, 9.17) is 5.11 Å². The third-order valence-electron chi connectivity index (χ3n) is 2.15. The summed E-state index contributed by atoms with van der Waals surface area (Å²) in [5.41, 5.74) is 0. The number of carbonyl (C=O) groups is 2. The molecule has 0 radical (unpaired) electrons. The van der Waals surface area contributed by atoms with Gasteiger partial charge in [-0.2, -0.15) is 0 Å². The van der Waals surface area contributed by atoms with Crippen LogP contribution in [0.4, 0.5) is 4.79 Å². The first-order chi connectivity index (χ1) is 8.32. The summed E-state index contributed by atoms with van der Waals surface area (Å²) in [6, 6.07) is -1.65. The number of carboxylic acid groups (broad SMARTS) is 1. The third-order valence-corrected chi connectivity index (χ3v) is 3.51. The molecule has 1 atom stereocenters. The van der Waals surface area contributed by atoms with E-state index in [1.54, 1.807) is 6.92 Å². The van der Waals surface area contributed by atoms with Crippen molar-refractivity contribution < 1.29 is 23.1 Å². The molecule has 0 aliphatic heterocycles. The van der Waals surface area contributed by atoms with E-state index in [0.29, 0.717) is 12.8 Å². The molecule has 4 N–H and O–H groups in total. The summed E-state index contributed by atoms with van der Waals surface area (Å²) < 4.78 is 24.2. The minimum Gasteiger partial charge on any atom is -0.480 e. The third kappa shape index (κ3) is 7.07. The van der Waals surface area contributed by atoms with Crippen LogP contribution in [-0.2, 0) is 14.8 Å². The number of sulfonamides is 1. The fourth-order valence-corrected chi connectivity index (χ4v) is 1.73. The summed E-state index contributed by atoms with van der Waals surface area (Å²) in [4.78, 5) is 22.1. The molecule has 0 unspecified atom stereocenters. The molecule has 0 saturated carbocycles. The number of hydrogen-bond donors (Lipinski definition) is 4. The highest BCUT2D eigenvalue weighted by Crippen LogP contribution is 1.96. The van der Waals surface area contributed by atoms with Gasteiger partial charge in [0, 0.05) is 6.54 Å². The first-order valence-corrected chi connectivity index (χ1v) is 7.16. The molecule has 0 spiro atoms. The van der Waals surface area contributed by atoms with Crippen molar-refractivity contribution in [3.8, 4) is 0 Å². The molecule has 0 aromatic heterocycles. The highest BCUT2D eigenvalue weighted by atomic mass is 32.2. The fourth-order valence-electron chi connectivity index (χ4n) is 1.16. The smallest absolute Gasteiger partial charge is 0.326 e. The lowest BCUT2D eigenvalue weighted by molar-refractivity contribution is -0.139. The molecular weight excluding hydrogens is 262 g/mol. The Bertz CT molecular complexity index is 382. The Labute approximate surface area is 106 Å². The number of urea groups is 1. The average molecular weight is 281 g/mol.